The molecule has 0 aliphatic carbocycles. The Bertz CT molecular complexity index is 883. The molecule has 0 amide bonds. The molecule has 0 saturated heterocycles. The van der Waals surface area contributed by atoms with Crippen molar-refractivity contribution in [3.05, 3.63) is 57.9 Å². The summed E-state index contributed by atoms with van der Waals surface area (Å²) in [7, 11) is 1.57. The molecule has 2 rings (SSSR count). The Hall–Kier alpha value is -2.93. The van der Waals surface area contributed by atoms with Crippen LogP contribution in [0.1, 0.15) is 61.9 Å². The molecule has 0 spiro atoms. The summed E-state index contributed by atoms with van der Waals surface area (Å²) in [6.07, 6.45) is -1.02. The number of nitrogens with one attached hydrogen (secondary N) is 1. The van der Waals surface area contributed by atoms with Gasteiger partial charge in [-0.3, -0.25) is 4.79 Å². The van der Waals surface area contributed by atoms with Crippen molar-refractivity contribution >= 4 is 17.7 Å². The summed E-state index contributed by atoms with van der Waals surface area (Å²) in [4.78, 5) is 40.2. The van der Waals surface area contributed by atoms with E-state index < -0.39 is 23.8 Å². The summed E-state index contributed by atoms with van der Waals surface area (Å²) in [5, 5.41) is 0. The van der Waals surface area contributed by atoms with Crippen LogP contribution in [0.4, 0.5) is 0 Å². The van der Waals surface area contributed by atoms with Gasteiger partial charge in [-0.1, -0.05) is 12.1 Å². The van der Waals surface area contributed by atoms with Gasteiger partial charge in [0.2, 0.25) is 5.78 Å². The van der Waals surface area contributed by atoms with Crippen LogP contribution in [0.3, 0.4) is 0 Å². The molecular formula is C21H25NO6. The standard InChI is InChI=1S/C21H25NO6/c1-6-27-21(25)17-12(2)18(22-13(17)3)19(23)14(4)28-20(24)16-9-7-8-15(10-16)11-26-5/h7-10,14,22H,6,11H2,1-5H3/t14-/m0/s1. The summed E-state index contributed by atoms with van der Waals surface area (Å²) in [6.45, 7) is 7.17. The lowest BCUT2D eigenvalue weighted by atomic mass is 10.1. The Labute approximate surface area is 164 Å². The number of methoxy groups -OCH3 is 1. The van der Waals surface area contributed by atoms with Crippen LogP contribution in [-0.4, -0.2) is 42.5 Å². The fourth-order valence-corrected chi connectivity index (χ4v) is 2.95. The number of aromatic nitrogens is 1. The number of aromatic amines is 1. The van der Waals surface area contributed by atoms with Crippen molar-refractivity contribution in [2.24, 2.45) is 0 Å². The van der Waals surface area contributed by atoms with Gasteiger partial charge in [-0.15, -0.1) is 0 Å². The Kier molecular flexibility index (Phi) is 7.12. The normalized spacial score (nSPS) is 11.8. The number of hydrogen-bond acceptors (Lipinski definition) is 6. The van der Waals surface area contributed by atoms with E-state index in [0.29, 0.717) is 29.0 Å². The molecule has 1 N–H and O–H groups in total. The van der Waals surface area contributed by atoms with Gasteiger partial charge >= 0.3 is 11.9 Å². The average Bonchev–Trinajstić information content (AvgIpc) is 2.96. The summed E-state index contributed by atoms with van der Waals surface area (Å²) < 4.78 is 15.4. The van der Waals surface area contributed by atoms with Crippen molar-refractivity contribution in [3.8, 4) is 0 Å². The van der Waals surface area contributed by atoms with E-state index in [2.05, 4.69) is 4.98 Å². The number of aryl methyl sites for hydroxylation is 1. The molecule has 150 valence electrons. The number of Topliss-reactive ketones (excluding diaryl/α,β-unsaturated/α-hetero) is 1. The van der Waals surface area contributed by atoms with Gasteiger partial charge in [0.15, 0.2) is 6.10 Å². The van der Waals surface area contributed by atoms with E-state index in [4.69, 9.17) is 14.2 Å². The molecule has 1 atom stereocenters. The zero-order valence-corrected chi connectivity index (χ0v) is 16.8. The highest BCUT2D eigenvalue weighted by atomic mass is 16.5. The smallest absolute Gasteiger partial charge is 0.340 e. The van der Waals surface area contributed by atoms with E-state index in [1.807, 2.05) is 6.07 Å². The van der Waals surface area contributed by atoms with Crippen LogP contribution in [0, 0.1) is 13.8 Å². The minimum Gasteiger partial charge on any atom is -0.462 e. The van der Waals surface area contributed by atoms with Crippen LogP contribution >= 0.6 is 0 Å². The van der Waals surface area contributed by atoms with Crippen LogP contribution in [0.5, 0.6) is 0 Å². The second-order valence-corrected chi connectivity index (χ2v) is 6.39. The van der Waals surface area contributed by atoms with E-state index in [1.54, 1.807) is 46.1 Å². The number of carbonyl (C=O) groups is 3. The van der Waals surface area contributed by atoms with Gasteiger partial charge in [-0.25, -0.2) is 9.59 Å². The van der Waals surface area contributed by atoms with E-state index in [9.17, 15) is 14.4 Å². The topological polar surface area (TPSA) is 94.7 Å². The Morgan fingerprint density at radius 2 is 1.86 bits per heavy atom. The molecule has 0 saturated carbocycles. The van der Waals surface area contributed by atoms with Crippen LogP contribution in [0.2, 0.25) is 0 Å². The molecule has 1 aromatic heterocycles. The van der Waals surface area contributed by atoms with Crippen molar-refractivity contribution < 1.29 is 28.6 Å². The van der Waals surface area contributed by atoms with Gasteiger partial charge in [-0.2, -0.15) is 0 Å². The molecule has 1 aromatic carbocycles. The number of carbonyl (C=O) groups excluding carboxylic acids is 3. The summed E-state index contributed by atoms with van der Waals surface area (Å²) in [5.41, 5.74) is 2.73. The van der Waals surface area contributed by atoms with Gasteiger partial charge < -0.3 is 19.2 Å². The highest BCUT2D eigenvalue weighted by Crippen LogP contribution is 2.21. The minimum atomic E-state index is -1.02. The lowest BCUT2D eigenvalue weighted by molar-refractivity contribution is 0.0316. The van der Waals surface area contributed by atoms with E-state index in [0.717, 1.165) is 5.56 Å². The number of rotatable bonds is 8. The number of benzene rings is 1. The van der Waals surface area contributed by atoms with Crippen molar-refractivity contribution in [1.29, 1.82) is 0 Å². The third-order valence-electron chi connectivity index (χ3n) is 4.29. The van der Waals surface area contributed by atoms with E-state index in [-0.39, 0.29) is 12.3 Å². The number of hydrogen-bond donors (Lipinski definition) is 1. The minimum absolute atomic E-state index is 0.231. The van der Waals surface area contributed by atoms with Crippen molar-refractivity contribution in [1.82, 2.24) is 4.98 Å². The first-order valence-corrected chi connectivity index (χ1v) is 8.99. The summed E-state index contributed by atoms with van der Waals surface area (Å²) in [5.74, 6) is -1.52. The van der Waals surface area contributed by atoms with Crippen LogP contribution < -0.4 is 0 Å². The summed E-state index contributed by atoms with van der Waals surface area (Å²) >= 11 is 0. The van der Waals surface area contributed by atoms with Gasteiger partial charge in [0.1, 0.15) is 0 Å². The first kappa shape index (κ1) is 21.4. The molecule has 28 heavy (non-hydrogen) atoms. The molecule has 0 aliphatic rings. The fourth-order valence-electron chi connectivity index (χ4n) is 2.95. The Morgan fingerprint density at radius 3 is 2.50 bits per heavy atom. The molecular weight excluding hydrogens is 362 g/mol. The molecule has 1 heterocycles. The summed E-state index contributed by atoms with van der Waals surface area (Å²) in [6, 6.07) is 6.83. The Morgan fingerprint density at radius 1 is 1.14 bits per heavy atom. The zero-order valence-electron chi connectivity index (χ0n) is 16.8. The van der Waals surface area contributed by atoms with Gasteiger partial charge in [0.05, 0.1) is 30.0 Å². The SMILES string of the molecule is CCOC(=O)c1c(C)[nH]c(C(=O)[C@H](C)OC(=O)c2cccc(COC)c2)c1C. The molecule has 0 bridgehead atoms. The predicted octanol–water partition coefficient (Wildman–Crippen LogP) is 3.38. The van der Waals surface area contributed by atoms with Gasteiger partial charge in [0, 0.05) is 12.8 Å². The number of ketones is 1. The fraction of sp³-hybridized carbons (Fsp3) is 0.381. The Balaban J connectivity index is 2.17. The lowest BCUT2D eigenvalue weighted by Crippen LogP contribution is -2.25. The number of ether oxygens (including phenoxy) is 3. The highest BCUT2D eigenvalue weighted by molar-refractivity contribution is 6.04. The zero-order chi connectivity index (χ0) is 20.8. The maximum atomic E-state index is 12.8. The first-order valence-electron chi connectivity index (χ1n) is 8.99. The van der Waals surface area contributed by atoms with Crippen molar-refractivity contribution in [3.63, 3.8) is 0 Å². The third kappa shape index (κ3) is 4.67. The molecule has 7 nitrogen and oxygen atoms in total. The maximum absolute atomic E-state index is 12.8. The van der Waals surface area contributed by atoms with Crippen LogP contribution in [0.25, 0.3) is 0 Å². The number of H-pyrrole nitrogens is 1. The molecule has 0 aliphatic heterocycles. The largest absolute Gasteiger partial charge is 0.462 e. The second kappa shape index (κ2) is 9.32. The first-order chi connectivity index (χ1) is 13.3. The number of esters is 2. The van der Waals surface area contributed by atoms with Crippen LogP contribution in [0.15, 0.2) is 24.3 Å². The third-order valence-corrected chi connectivity index (χ3v) is 4.29. The van der Waals surface area contributed by atoms with Crippen LogP contribution in [-0.2, 0) is 20.8 Å². The predicted molar refractivity (Wildman–Crippen MR) is 103 cm³/mol. The monoisotopic (exact) mass is 387 g/mol. The van der Waals surface area contributed by atoms with E-state index >= 15 is 0 Å². The quantitative estimate of drug-likeness (QED) is 0.551. The van der Waals surface area contributed by atoms with Gasteiger partial charge in [-0.05, 0) is 51.0 Å². The lowest BCUT2D eigenvalue weighted by Gasteiger charge is -2.13. The molecule has 7 heteroatoms. The molecule has 0 fully saturated rings. The molecule has 0 radical (unpaired) electrons. The van der Waals surface area contributed by atoms with Gasteiger partial charge in [0.25, 0.3) is 0 Å². The molecule has 2 aromatic rings. The van der Waals surface area contributed by atoms with Crippen molar-refractivity contribution in [2.45, 2.75) is 40.4 Å². The average molecular weight is 387 g/mol. The maximum Gasteiger partial charge on any atom is 0.340 e. The van der Waals surface area contributed by atoms with E-state index in [1.165, 1.54) is 6.92 Å². The highest BCUT2D eigenvalue weighted by Gasteiger charge is 2.27. The second-order valence-electron chi connectivity index (χ2n) is 6.39. The molecule has 0 unspecified atom stereocenters. The van der Waals surface area contributed by atoms with Crippen molar-refractivity contribution in [2.75, 3.05) is 13.7 Å².